The molecule has 0 N–H and O–H groups in total. The van der Waals surface area contributed by atoms with Crippen LogP contribution in [0.15, 0.2) is 27.6 Å². The summed E-state index contributed by atoms with van der Waals surface area (Å²) in [5, 5.41) is 7.46. The summed E-state index contributed by atoms with van der Waals surface area (Å²) in [6.07, 6.45) is 0. The molecular weight excluding hydrogens is 126 g/mol. The average Bonchev–Trinajstić information content (AvgIpc) is 2.14. The second-order valence-electron chi connectivity index (χ2n) is 2.24. The quantitative estimate of drug-likeness (QED) is 0.535. The molecule has 0 unspecified atom stereocenters. The third-order valence-corrected chi connectivity index (χ3v) is 1.03. The van der Waals surface area contributed by atoms with Crippen molar-refractivity contribution < 1.29 is 0 Å². The number of aliphatic imine (C=N–C) groups is 1. The lowest BCUT2D eigenvalue weighted by molar-refractivity contribution is 0.873. The van der Waals surface area contributed by atoms with Crippen LogP contribution >= 0.6 is 0 Å². The molecule has 0 spiro atoms. The Hall–Kier alpha value is -0.990. The number of amidine groups is 1. The SMILES string of the molecule is C.C=C1N=NC(C(C)C)=N1. The normalized spacial score (nSPS) is 15.5. The van der Waals surface area contributed by atoms with Crippen LogP contribution in [0.3, 0.4) is 0 Å². The van der Waals surface area contributed by atoms with E-state index in [1.54, 1.807) is 0 Å². The molecule has 0 amide bonds. The van der Waals surface area contributed by atoms with Crippen LogP contribution in [0.25, 0.3) is 0 Å². The number of azo groups is 1. The molecule has 0 fully saturated rings. The van der Waals surface area contributed by atoms with E-state index in [1.165, 1.54) is 0 Å². The summed E-state index contributed by atoms with van der Waals surface area (Å²) in [6.45, 7) is 7.59. The van der Waals surface area contributed by atoms with Crippen LogP contribution in [0.5, 0.6) is 0 Å². The van der Waals surface area contributed by atoms with Gasteiger partial charge in [0.1, 0.15) is 0 Å². The van der Waals surface area contributed by atoms with Gasteiger partial charge in [0, 0.05) is 5.92 Å². The van der Waals surface area contributed by atoms with Crippen molar-refractivity contribution in [1.29, 1.82) is 0 Å². The minimum absolute atomic E-state index is 0. The first-order chi connectivity index (χ1) is 4.20. The Morgan fingerprint density at radius 1 is 1.30 bits per heavy atom. The fourth-order valence-electron chi connectivity index (χ4n) is 0.530. The van der Waals surface area contributed by atoms with Gasteiger partial charge in [0.25, 0.3) is 0 Å². The molecule has 0 aromatic heterocycles. The van der Waals surface area contributed by atoms with Crippen LogP contribution in [0.1, 0.15) is 21.3 Å². The fraction of sp³-hybridized carbons (Fsp3) is 0.571. The molecule has 0 bridgehead atoms. The minimum atomic E-state index is 0. The lowest BCUT2D eigenvalue weighted by Gasteiger charge is -1.94. The van der Waals surface area contributed by atoms with E-state index in [0.717, 1.165) is 5.84 Å². The molecule has 3 heteroatoms. The summed E-state index contributed by atoms with van der Waals surface area (Å²) in [7, 11) is 0. The lowest BCUT2D eigenvalue weighted by atomic mass is 10.2. The summed E-state index contributed by atoms with van der Waals surface area (Å²) in [6, 6.07) is 0. The van der Waals surface area contributed by atoms with Crippen LogP contribution in [-0.2, 0) is 0 Å². The number of hydrogen-bond donors (Lipinski definition) is 0. The molecule has 1 aliphatic heterocycles. The Morgan fingerprint density at radius 2 is 1.90 bits per heavy atom. The van der Waals surface area contributed by atoms with Crippen molar-refractivity contribution in [1.82, 2.24) is 0 Å². The zero-order valence-corrected chi connectivity index (χ0v) is 5.63. The summed E-state index contributed by atoms with van der Waals surface area (Å²) in [5.74, 6) is 1.65. The van der Waals surface area contributed by atoms with Crippen molar-refractivity contribution in [3.63, 3.8) is 0 Å². The van der Waals surface area contributed by atoms with Crippen LogP contribution in [0.2, 0.25) is 0 Å². The molecular formula is C7H13N3. The van der Waals surface area contributed by atoms with Crippen LogP contribution in [0, 0.1) is 5.92 Å². The predicted molar refractivity (Wildman–Crippen MR) is 43.0 cm³/mol. The van der Waals surface area contributed by atoms with E-state index in [2.05, 4.69) is 21.8 Å². The monoisotopic (exact) mass is 139 g/mol. The van der Waals surface area contributed by atoms with Crippen LogP contribution in [-0.4, -0.2) is 5.84 Å². The van der Waals surface area contributed by atoms with Gasteiger partial charge in [-0.25, -0.2) is 4.99 Å². The predicted octanol–water partition coefficient (Wildman–Crippen LogP) is 2.61. The Labute approximate surface area is 61.6 Å². The Kier molecular flexibility index (Phi) is 2.93. The van der Waals surface area contributed by atoms with Gasteiger partial charge in [0.15, 0.2) is 11.7 Å². The topological polar surface area (TPSA) is 37.1 Å². The summed E-state index contributed by atoms with van der Waals surface area (Å²) in [4.78, 5) is 3.98. The molecule has 1 rings (SSSR count). The molecule has 0 aromatic rings. The van der Waals surface area contributed by atoms with Crippen molar-refractivity contribution in [2.24, 2.45) is 21.1 Å². The van der Waals surface area contributed by atoms with Gasteiger partial charge in [-0.05, 0) is 0 Å². The highest BCUT2D eigenvalue weighted by Gasteiger charge is 2.08. The van der Waals surface area contributed by atoms with Crippen molar-refractivity contribution in [3.05, 3.63) is 12.4 Å². The number of rotatable bonds is 1. The zero-order chi connectivity index (χ0) is 6.85. The van der Waals surface area contributed by atoms with Gasteiger partial charge in [-0.2, -0.15) is 0 Å². The zero-order valence-electron chi connectivity index (χ0n) is 5.63. The van der Waals surface area contributed by atoms with E-state index < -0.39 is 0 Å². The first-order valence-electron chi connectivity index (χ1n) is 2.89. The van der Waals surface area contributed by atoms with Crippen molar-refractivity contribution in [3.8, 4) is 0 Å². The van der Waals surface area contributed by atoms with Gasteiger partial charge < -0.3 is 0 Å². The van der Waals surface area contributed by atoms with Gasteiger partial charge in [-0.1, -0.05) is 27.9 Å². The smallest absolute Gasteiger partial charge is 0.169 e. The standard InChI is InChI=1S/C6H9N3.CH4/c1-4(2)6-7-5(3)8-9-6;/h4H,3H2,1-2H3;1H4. The van der Waals surface area contributed by atoms with Gasteiger partial charge >= 0.3 is 0 Å². The third kappa shape index (κ3) is 1.76. The van der Waals surface area contributed by atoms with Crippen molar-refractivity contribution >= 4 is 5.84 Å². The van der Waals surface area contributed by atoms with Crippen molar-refractivity contribution in [2.45, 2.75) is 21.3 Å². The first-order valence-corrected chi connectivity index (χ1v) is 2.89. The maximum Gasteiger partial charge on any atom is 0.169 e. The highest BCUT2D eigenvalue weighted by molar-refractivity contribution is 5.86. The summed E-state index contributed by atoms with van der Waals surface area (Å²) < 4.78 is 0. The van der Waals surface area contributed by atoms with E-state index in [0.29, 0.717) is 11.7 Å². The summed E-state index contributed by atoms with van der Waals surface area (Å²) in [5.41, 5.74) is 0. The third-order valence-electron chi connectivity index (χ3n) is 1.03. The fourth-order valence-corrected chi connectivity index (χ4v) is 0.530. The van der Waals surface area contributed by atoms with Crippen LogP contribution in [0.4, 0.5) is 0 Å². The number of hydrogen-bond acceptors (Lipinski definition) is 3. The molecule has 10 heavy (non-hydrogen) atoms. The van der Waals surface area contributed by atoms with Gasteiger partial charge in [-0.3, -0.25) is 0 Å². The Morgan fingerprint density at radius 3 is 2.10 bits per heavy atom. The second kappa shape index (κ2) is 3.25. The number of nitrogens with zero attached hydrogens (tertiary/aromatic N) is 3. The molecule has 1 aliphatic rings. The maximum atomic E-state index is 3.98. The lowest BCUT2D eigenvalue weighted by Crippen LogP contribution is -1.99. The molecule has 0 saturated carbocycles. The molecule has 0 saturated heterocycles. The Bertz CT molecular complexity index is 189. The van der Waals surface area contributed by atoms with Gasteiger partial charge in [0.2, 0.25) is 0 Å². The Balaban J connectivity index is 0.000000810. The average molecular weight is 139 g/mol. The molecule has 3 nitrogen and oxygen atoms in total. The summed E-state index contributed by atoms with van der Waals surface area (Å²) >= 11 is 0. The molecule has 56 valence electrons. The van der Waals surface area contributed by atoms with Gasteiger partial charge in [0.05, 0.1) is 0 Å². The van der Waals surface area contributed by atoms with Crippen molar-refractivity contribution in [2.75, 3.05) is 0 Å². The highest BCUT2D eigenvalue weighted by Crippen LogP contribution is 2.11. The molecule has 0 atom stereocenters. The second-order valence-corrected chi connectivity index (χ2v) is 2.24. The molecule has 0 aromatic carbocycles. The van der Waals surface area contributed by atoms with E-state index in [-0.39, 0.29) is 7.43 Å². The largest absolute Gasteiger partial charge is 0.210 e. The minimum Gasteiger partial charge on any atom is -0.210 e. The van der Waals surface area contributed by atoms with E-state index in [9.17, 15) is 0 Å². The van der Waals surface area contributed by atoms with E-state index in [1.807, 2.05) is 13.8 Å². The molecule has 0 aliphatic carbocycles. The first kappa shape index (κ1) is 9.01. The maximum absolute atomic E-state index is 3.98. The molecule has 1 heterocycles. The van der Waals surface area contributed by atoms with E-state index >= 15 is 0 Å². The molecule has 0 radical (unpaired) electrons. The van der Waals surface area contributed by atoms with Crippen LogP contribution < -0.4 is 0 Å². The highest BCUT2D eigenvalue weighted by atomic mass is 15.3. The van der Waals surface area contributed by atoms with E-state index in [4.69, 9.17) is 0 Å². The van der Waals surface area contributed by atoms with Gasteiger partial charge in [-0.15, -0.1) is 10.2 Å².